The molecule has 0 aromatic heterocycles. The maximum atomic E-state index is 12.3. The second-order valence-electron chi connectivity index (χ2n) is 7.79. The number of nitrogens with zero attached hydrogens (tertiary/aromatic N) is 1. The number of esters is 1. The monoisotopic (exact) mass is 410 g/mol. The summed E-state index contributed by atoms with van der Waals surface area (Å²) < 4.78 is 10.5. The fourth-order valence-electron chi connectivity index (χ4n) is 3.38. The summed E-state index contributed by atoms with van der Waals surface area (Å²) in [6, 6.07) is 13.3. The molecule has 0 spiro atoms. The Kier molecular flexibility index (Phi) is 7.60. The van der Waals surface area contributed by atoms with E-state index in [0.29, 0.717) is 5.56 Å². The number of benzene rings is 2. The summed E-state index contributed by atoms with van der Waals surface area (Å²) >= 11 is 0. The van der Waals surface area contributed by atoms with E-state index >= 15 is 0 Å². The molecule has 1 N–H and O–H groups in total. The molecule has 6 nitrogen and oxygen atoms in total. The highest BCUT2D eigenvalue weighted by Gasteiger charge is 2.15. The Balaban J connectivity index is 1.46. The van der Waals surface area contributed by atoms with Crippen molar-refractivity contribution in [2.75, 3.05) is 32.9 Å². The molecular weight excluding hydrogens is 380 g/mol. The first kappa shape index (κ1) is 22.0. The van der Waals surface area contributed by atoms with E-state index in [-0.39, 0.29) is 18.6 Å². The van der Waals surface area contributed by atoms with Crippen molar-refractivity contribution in [2.24, 2.45) is 0 Å². The van der Waals surface area contributed by atoms with Crippen molar-refractivity contribution < 1.29 is 19.1 Å². The van der Waals surface area contributed by atoms with Gasteiger partial charge in [0.1, 0.15) is 0 Å². The fourth-order valence-corrected chi connectivity index (χ4v) is 3.38. The second-order valence-corrected chi connectivity index (χ2v) is 7.79. The first-order chi connectivity index (χ1) is 14.4. The molecule has 1 heterocycles. The van der Waals surface area contributed by atoms with Gasteiger partial charge in [0, 0.05) is 19.6 Å². The Labute approximate surface area is 178 Å². The van der Waals surface area contributed by atoms with Crippen molar-refractivity contribution in [3.05, 3.63) is 70.3 Å². The van der Waals surface area contributed by atoms with Gasteiger partial charge >= 0.3 is 5.97 Å². The molecule has 6 heteroatoms. The lowest BCUT2D eigenvalue weighted by Gasteiger charge is -2.26. The summed E-state index contributed by atoms with van der Waals surface area (Å²) in [6.07, 6.45) is 0. The van der Waals surface area contributed by atoms with Crippen molar-refractivity contribution in [3.8, 4) is 0 Å². The summed E-state index contributed by atoms with van der Waals surface area (Å²) in [4.78, 5) is 26.8. The Hall–Kier alpha value is -2.70. The van der Waals surface area contributed by atoms with Crippen LogP contribution in [0.25, 0.3) is 0 Å². The van der Waals surface area contributed by atoms with Gasteiger partial charge < -0.3 is 14.8 Å². The maximum absolute atomic E-state index is 12.3. The minimum atomic E-state index is -0.498. The Morgan fingerprint density at radius 2 is 1.77 bits per heavy atom. The number of morpholine rings is 1. The summed E-state index contributed by atoms with van der Waals surface area (Å²) in [5.41, 5.74) is 4.98. The van der Waals surface area contributed by atoms with E-state index in [1.54, 1.807) is 12.1 Å². The van der Waals surface area contributed by atoms with Crippen LogP contribution in [0, 0.1) is 13.8 Å². The van der Waals surface area contributed by atoms with Crippen molar-refractivity contribution in [2.45, 2.75) is 33.4 Å². The average molecular weight is 411 g/mol. The van der Waals surface area contributed by atoms with Crippen molar-refractivity contribution >= 4 is 11.9 Å². The number of carbonyl (C=O) groups is 2. The Bertz CT molecular complexity index is 873. The van der Waals surface area contributed by atoms with Crippen molar-refractivity contribution in [3.63, 3.8) is 0 Å². The van der Waals surface area contributed by atoms with Crippen LogP contribution in [0.2, 0.25) is 0 Å². The van der Waals surface area contributed by atoms with Crippen LogP contribution in [-0.2, 0) is 20.8 Å². The lowest BCUT2D eigenvalue weighted by atomic mass is 10.0. The predicted molar refractivity (Wildman–Crippen MR) is 115 cm³/mol. The van der Waals surface area contributed by atoms with Crippen LogP contribution >= 0.6 is 0 Å². The van der Waals surface area contributed by atoms with Crippen LogP contribution in [0.15, 0.2) is 42.5 Å². The lowest BCUT2D eigenvalue weighted by molar-refractivity contribution is -0.124. The summed E-state index contributed by atoms with van der Waals surface area (Å²) in [5, 5.41) is 2.87. The smallest absolute Gasteiger partial charge is 0.338 e. The van der Waals surface area contributed by atoms with Crippen molar-refractivity contribution in [1.29, 1.82) is 0 Å². The van der Waals surface area contributed by atoms with Crippen LogP contribution in [0.4, 0.5) is 0 Å². The van der Waals surface area contributed by atoms with Gasteiger partial charge in [0.05, 0.1) is 24.8 Å². The molecule has 0 unspecified atom stereocenters. The van der Waals surface area contributed by atoms with E-state index in [2.05, 4.69) is 23.2 Å². The second kappa shape index (κ2) is 10.4. The molecule has 0 aliphatic carbocycles. The number of amides is 1. The van der Waals surface area contributed by atoms with Gasteiger partial charge in [0.15, 0.2) is 6.61 Å². The number of aryl methyl sites for hydroxylation is 2. The zero-order valence-corrected chi connectivity index (χ0v) is 17.9. The van der Waals surface area contributed by atoms with Gasteiger partial charge in [-0.25, -0.2) is 4.79 Å². The molecule has 0 saturated carbocycles. The van der Waals surface area contributed by atoms with E-state index in [1.165, 1.54) is 11.1 Å². The van der Waals surface area contributed by atoms with Crippen LogP contribution in [-0.4, -0.2) is 49.7 Å². The SMILES string of the molecule is Cc1ccc([C@@H](C)NC(=O)COC(=O)c2ccc(CN3CCOCC3)cc2)cc1C. The zero-order chi connectivity index (χ0) is 21.5. The molecule has 2 aromatic rings. The average Bonchev–Trinajstić information content (AvgIpc) is 2.75. The molecule has 1 aliphatic rings. The molecule has 1 fully saturated rings. The summed E-state index contributed by atoms with van der Waals surface area (Å²) in [6.45, 7) is 9.89. The molecule has 2 aromatic carbocycles. The topological polar surface area (TPSA) is 67.9 Å². The molecule has 30 heavy (non-hydrogen) atoms. The predicted octanol–water partition coefficient (Wildman–Crippen LogP) is 3.17. The quantitative estimate of drug-likeness (QED) is 0.710. The third kappa shape index (κ3) is 6.15. The van der Waals surface area contributed by atoms with Crippen LogP contribution in [0.1, 0.15) is 45.6 Å². The van der Waals surface area contributed by atoms with E-state index in [9.17, 15) is 9.59 Å². The molecular formula is C24H30N2O4. The Morgan fingerprint density at radius 3 is 2.43 bits per heavy atom. The fraction of sp³-hybridized carbons (Fsp3) is 0.417. The molecule has 3 rings (SSSR count). The number of nitrogens with one attached hydrogen (secondary N) is 1. The minimum absolute atomic E-state index is 0.157. The van der Waals surface area contributed by atoms with E-state index in [4.69, 9.17) is 9.47 Å². The molecule has 1 aliphatic heterocycles. The number of rotatable bonds is 7. The van der Waals surface area contributed by atoms with Crippen LogP contribution < -0.4 is 5.32 Å². The van der Waals surface area contributed by atoms with Gasteiger partial charge in [-0.3, -0.25) is 9.69 Å². The van der Waals surface area contributed by atoms with E-state index < -0.39 is 5.97 Å². The summed E-state index contributed by atoms with van der Waals surface area (Å²) in [7, 11) is 0. The standard InChI is InChI=1S/C24H30N2O4/c1-17-4-7-22(14-18(17)2)19(3)25-23(27)16-30-24(28)21-8-5-20(6-9-21)15-26-10-12-29-13-11-26/h4-9,14,19H,10-13,15-16H2,1-3H3,(H,25,27)/t19-/m1/s1. The molecule has 0 radical (unpaired) electrons. The molecule has 0 bridgehead atoms. The summed E-state index contributed by atoms with van der Waals surface area (Å²) in [5.74, 6) is -0.820. The largest absolute Gasteiger partial charge is 0.452 e. The minimum Gasteiger partial charge on any atom is -0.452 e. The molecule has 1 saturated heterocycles. The van der Waals surface area contributed by atoms with Gasteiger partial charge in [-0.2, -0.15) is 0 Å². The maximum Gasteiger partial charge on any atom is 0.338 e. The zero-order valence-electron chi connectivity index (χ0n) is 17.9. The number of hydrogen-bond acceptors (Lipinski definition) is 5. The highest BCUT2D eigenvalue weighted by Crippen LogP contribution is 2.16. The number of carbonyl (C=O) groups excluding carboxylic acids is 2. The van der Waals surface area contributed by atoms with Crippen molar-refractivity contribution in [1.82, 2.24) is 10.2 Å². The third-order valence-corrected chi connectivity index (χ3v) is 5.44. The van der Waals surface area contributed by atoms with Crippen LogP contribution in [0.3, 0.4) is 0 Å². The van der Waals surface area contributed by atoms with Gasteiger partial charge in [-0.1, -0.05) is 30.3 Å². The van der Waals surface area contributed by atoms with Gasteiger partial charge in [0.25, 0.3) is 5.91 Å². The molecule has 1 amide bonds. The number of ether oxygens (including phenoxy) is 2. The van der Waals surface area contributed by atoms with E-state index in [0.717, 1.165) is 44.0 Å². The highest BCUT2D eigenvalue weighted by atomic mass is 16.5. The normalized spacial score (nSPS) is 15.4. The van der Waals surface area contributed by atoms with Gasteiger partial charge in [-0.05, 0) is 55.2 Å². The van der Waals surface area contributed by atoms with Crippen LogP contribution in [0.5, 0.6) is 0 Å². The molecule has 1 atom stereocenters. The van der Waals surface area contributed by atoms with E-state index in [1.807, 2.05) is 38.1 Å². The number of hydrogen-bond donors (Lipinski definition) is 1. The van der Waals surface area contributed by atoms with Gasteiger partial charge in [0.2, 0.25) is 0 Å². The molecule has 160 valence electrons. The Morgan fingerprint density at radius 1 is 1.07 bits per heavy atom. The third-order valence-electron chi connectivity index (χ3n) is 5.44. The first-order valence-corrected chi connectivity index (χ1v) is 10.3. The highest BCUT2D eigenvalue weighted by molar-refractivity contribution is 5.91. The first-order valence-electron chi connectivity index (χ1n) is 10.3. The lowest BCUT2D eigenvalue weighted by Crippen LogP contribution is -2.35. The van der Waals surface area contributed by atoms with Gasteiger partial charge in [-0.15, -0.1) is 0 Å².